The summed E-state index contributed by atoms with van der Waals surface area (Å²) in [6.07, 6.45) is 1.94. The molecule has 0 unspecified atom stereocenters. The molecule has 1 aliphatic heterocycles. The fourth-order valence-electron chi connectivity index (χ4n) is 7.80. The molecule has 0 bridgehead atoms. The second kappa shape index (κ2) is 32.9. The molecule has 0 saturated carbocycles. The highest BCUT2D eigenvalue weighted by molar-refractivity contribution is 8.00. The molecule has 0 aliphatic carbocycles. The maximum absolute atomic E-state index is 15.1. The lowest BCUT2D eigenvalue weighted by Crippen LogP contribution is -2.44. The first kappa shape index (κ1) is 63.0. The second-order valence-electron chi connectivity index (χ2n) is 18.7. The molecular formula is C51H72F2N8O13S2. The van der Waals surface area contributed by atoms with Crippen LogP contribution in [0.15, 0.2) is 54.7 Å². The minimum Gasteiger partial charge on any atom is -0.480 e. The van der Waals surface area contributed by atoms with Gasteiger partial charge in [0.2, 0.25) is 29.5 Å². The first-order chi connectivity index (χ1) is 36.3. The van der Waals surface area contributed by atoms with Gasteiger partial charge in [-0.1, -0.05) is 51.1 Å². The van der Waals surface area contributed by atoms with E-state index in [0.29, 0.717) is 25.3 Å². The molecule has 3 aromatic rings. The largest absolute Gasteiger partial charge is 0.480 e. The predicted molar refractivity (Wildman–Crippen MR) is 281 cm³/mol. The van der Waals surface area contributed by atoms with E-state index in [1.807, 2.05) is 55.7 Å². The zero-order valence-corrected chi connectivity index (χ0v) is 44.9. The van der Waals surface area contributed by atoms with Crippen molar-refractivity contribution in [2.24, 2.45) is 16.9 Å². The number of amides is 5. The number of imidazole rings is 1. The number of ether oxygens (including phenoxy) is 4. The van der Waals surface area contributed by atoms with Gasteiger partial charge >= 0.3 is 11.9 Å². The maximum atomic E-state index is 15.1. The van der Waals surface area contributed by atoms with Gasteiger partial charge < -0.3 is 60.7 Å². The second-order valence-corrected chi connectivity index (χ2v) is 21.0. The number of imide groups is 1. The third-order valence-corrected chi connectivity index (χ3v) is 13.9. The van der Waals surface area contributed by atoms with Gasteiger partial charge in [-0.2, -0.15) is 11.8 Å². The molecule has 1 aromatic heterocycles. The zero-order valence-electron chi connectivity index (χ0n) is 43.3. The summed E-state index contributed by atoms with van der Waals surface area (Å²) in [6, 6.07) is 9.75. The van der Waals surface area contributed by atoms with Crippen molar-refractivity contribution in [3.63, 3.8) is 0 Å². The van der Waals surface area contributed by atoms with Gasteiger partial charge in [0.15, 0.2) is 0 Å². The van der Waals surface area contributed by atoms with E-state index in [4.69, 9.17) is 40.5 Å². The van der Waals surface area contributed by atoms with Crippen molar-refractivity contribution in [3.8, 4) is 11.3 Å². The van der Waals surface area contributed by atoms with Gasteiger partial charge in [-0.05, 0) is 54.3 Å². The third-order valence-electron chi connectivity index (χ3n) is 11.6. The Balaban J connectivity index is 1.09. The van der Waals surface area contributed by atoms with E-state index in [2.05, 4.69) is 10.6 Å². The molecule has 0 radical (unpaired) electrons. The van der Waals surface area contributed by atoms with Gasteiger partial charge in [-0.15, -0.1) is 11.8 Å². The Morgan fingerprint density at radius 2 is 1.55 bits per heavy atom. The minimum absolute atomic E-state index is 0.0122. The van der Waals surface area contributed by atoms with Gasteiger partial charge in [-0.3, -0.25) is 33.7 Å². The van der Waals surface area contributed by atoms with Gasteiger partial charge in [0, 0.05) is 63.0 Å². The molecule has 8 N–H and O–H groups in total. The molecule has 4 atom stereocenters. The number of hydrogen-bond donors (Lipinski definition) is 6. The van der Waals surface area contributed by atoms with Gasteiger partial charge in [0.25, 0.3) is 0 Å². The smallest absolute Gasteiger partial charge is 0.326 e. The van der Waals surface area contributed by atoms with Crippen molar-refractivity contribution in [2.45, 2.75) is 82.8 Å². The summed E-state index contributed by atoms with van der Waals surface area (Å²) in [5.41, 5.74) is 11.9. The van der Waals surface area contributed by atoms with Crippen molar-refractivity contribution < 1.29 is 71.5 Å². The number of rotatable bonds is 37. The van der Waals surface area contributed by atoms with Crippen molar-refractivity contribution in [1.29, 1.82) is 0 Å². The fourth-order valence-corrected chi connectivity index (χ4v) is 9.80. The van der Waals surface area contributed by atoms with Crippen molar-refractivity contribution in [1.82, 2.24) is 30.0 Å². The molecule has 1 aliphatic rings. The van der Waals surface area contributed by atoms with Crippen LogP contribution in [0.1, 0.15) is 70.3 Å². The number of aromatic nitrogens is 2. The molecule has 1 saturated heterocycles. The predicted octanol–water partition coefficient (Wildman–Crippen LogP) is 3.07. The highest BCUT2D eigenvalue weighted by Crippen LogP contribution is 2.40. The number of halogens is 2. The summed E-state index contributed by atoms with van der Waals surface area (Å²) in [6.45, 7) is 8.67. The lowest BCUT2D eigenvalue weighted by Gasteiger charge is -2.40. The first-order valence-corrected chi connectivity index (χ1v) is 27.2. The number of carboxylic acid groups (broad SMARTS) is 2. The molecule has 21 nitrogen and oxygen atoms in total. The normalized spacial score (nSPS) is 14.9. The van der Waals surface area contributed by atoms with Crippen LogP contribution < -0.4 is 22.1 Å². The van der Waals surface area contributed by atoms with Gasteiger partial charge in [-0.25, -0.2) is 18.6 Å². The van der Waals surface area contributed by atoms with E-state index in [0.717, 1.165) is 40.4 Å². The van der Waals surface area contributed by atoms with E-state index in [-0.39, 0.29) is 139 Å². The quantitative estimate of drug-likeness (QED) is 0.0357. The Bertz CT molecular complexity index is 2360. The number of nitrogens with one attached hydrogen (secondary N) is 2. The summed E-state index contributed by atoms with van der Waals surface area (Å²) in [7, 11) is 0. The molecule has 420 valence electrons. The number of likely N-dealkylation sites (tertiary alicyclic amines) is 1. The van der Waals surface area contributed by atoms with E-state index in [9.17, 15) is 43.1 Å². The van der Waals surface area contributed by atoms with E-state index in [1.165, 1.54) is 11.8 Å². The fraction of sp³-hybridized carbons (Fsp3) is 0.569. The average Bonchev–Trinajstić information content (AvgIpc) is 3.90. The van der Waals surface area contributed by atoms with Crippen LogP contribution in [0.3, 0.4) is 0 Å². The number of carbonyl (C=O) groups excluding carboxylic acids is 5. The number of carboxylic acids is 2. The van der Waals surface area contributed by atoms with Crippen LogP contribution >= 0.6 is 23.5 Å². The summed E-state index contributed by atoms with van der Waals surface area (Å²) in [5.74, 6) is -5.02. The number of benzene rings is 2. The minimum atomic E-state index is -1.22. The van der Waals surface area contributed by atoms with Crippen LogP contribution in [0.25, 0.3) is 11.3 Å². The third kappa shape index (κ3) is 21.5. The van der Waals surface area contributed by atoms with Crippen LogP contribution in [0.2, 0.25) is 0 Å². The number of nitrogens with zero attached hydrogens (tertiary/aromatic N) is 4. The van der Waals surface area contributed by atoms with Gasteiger partial charge in [0.1, 0.15) is 29.5 Å². The molecule has 4 rings (SSSR count). The van der Waals surface area contributed by atoms with E-state index < -0.39 is 70.1 Å². The summed E-state index contributed by atoms with van der Waals surface area (Å²) >= 11 is 2.24. The van der Waals surface area contributed by atoms with E-state index >= 15 is 4.39 Å². The molecule has 76 heavy (non-hydrogen) atoms. The molecule has 0 spiro atoms. The van der Waals surface area contributed by atoms with Crippen LogP contribution in [0, 0.1) is 17.0 Å². The molecule has 1 fully saturated rings. The Morgan fingerprint density at radius 3 is 2.18 bits per heavy atom. The maximum Gasteiger partial charge on any atom is 0.326 e. The Kier molecular flexibility index (Phi) is 27.3. The number of thioether (sulfide) groups is 2. The monoisotopic (exact) mass is 1110 g/mol. The van der Waals surface area contributed by atoms with Crippen molar-refractivity contribution in [3.05, 3.63) is 77.8 Å². The first-order valence-electron chi connectivity index (χ1n) is 25.0. The lowest BCUT2D eigenvalue weighted by atomic mass is 9.84. The van der Waals surface area contributed by atoms with Crippen LogP contribution in [-0.4, -0.2) is 185 Å². The SMILES string of the molecule is CC(C)(C)[C@H](c1nc(-c2cc(F)ccc2F)cn1Cc1ccccc1)N(CCCN)C(=O)CSCC[C@@H](NC(=O)CCOCCOCCOCCOCCNC(=O)CCN1C(=O)C[C@@H](SC[C@H](N)C(=O)O)C1=O)C(=O)O. The molecular weight excluding hydrogens is 1030 g/mol. The number of nitrogens with two attached hydrogens (primary N) is 2. The number of aliphatic carboxylic acids is 2. The Morgan fingerprint density at radius 1 is 0.895 bits per heavy atom. The number of carbonyl (C=O) groups is 7. The highest BCUT2D eigenvalue weighted by atomic mass is 32.2. The molecule has 2 aromatic carbocycles. The van der Waals surface area contributed by atoms with E-state index in [1.54, 1.807) is 11.1 Å². The topological polar surface area (TPSA) is 297 Å². The Labute approximate surface area is 449 Å². The van der Waals surface area contributed by atoms with Crippen LogP contribution in [-0.2, 0) is 59.1 Å². The van der Waals surface area contributed by atoms with Crippen LogP contribution in [0.5, 0.6) is 0 Å². The number of hydrogen-bond acceptors (Lipinski definition) is 16. The lowest BCUT2D eigenvalue weighted by molar-refractivity contribution is -0.142. The Hall–Kier alpha value is -5.54. The summed E-state index contributed by atoms with van der Waals surface area (Å²) in [5, 5.41) is 23.2. The zero-order chi connectivity index (χ0) is 55.6. The van der Waals surface area contributed by atoms with Crippen molar-refractivity contribution in [2.75, 3.05) is 96.3 Å². The average molecular weight is 1110 g/mol. The molecule has 2 heterocycles. The standard InChI is InChI=1S/C51H72F2N8O13S2/c1-51(2,3)46(47-58-40(36-28-35(52)10-11-37(36)53)31-59(47)30-34-8-5-4-6-9-34)60(17-7-15-54)45(65)33-75-27-14-39(50(69)70)57-43(63)13-19-71-21-23-73-25-26-74-24-22-72-20-16-56-42(62)12-18-61-44(64)29-41(48(61)66)76-32-38(55)49(67)68/h4-6,8-11,28,31,38-39,41,46H,7,12-27,29-30,32-33,54-55H2,1-3H3,(H,56,62)(H,57,63)(H,67,68)(H,69,70)/t38-,39+,41+,46-/m0/s1. The van der Waals surface area contributed by atoms with Crippen LogP contribution in [0.4, 0.5) is 8.78 Å². The molecule has 5 amide bonds. The van der Waals surface area contributed by atoms with Gasteiger partial charge in [0.05, 0.1) is 75.6 Å². The summed E-state index contributed by atoms with van der Waals surface area (Å²) < 4.78 is 53.2. The summed E-state index contributed by atoms with van der Waals surface area (Å²) in [4.78, 5) is 94.4. The molecule has 25 heteroatoms. The highest BCUT2D eigenvalue weighted by Gasteiger charge is 2.40. The van der Waals surface area contributed by atoms with Crippen molar-refractivity contribution >= 4 is 65.0 Å².